The van der Waals surface area contributed by atoms with Crippen molar-refractivity contribution in [3.05, 3.63) is 34.8 Å². The Kier molecular flexibility index (Phi) is 4.01. The number of methoxy groups -OCH3 is 2. The molecule has 2 aromatic rings. The third-order valence-corrected chi connectivity index (χ3v) is 4.62. The highest BCUT2D eigenvalue weighted by Gasteiger charge is 2.31. The largest absolute Gasteiger partial charge is 0.497 e. The molecular weight excluding hydrogens is 284 g/mol. The zero-order chi connectivity index (χ0) is 14.8. The van der Waals surface area contributed by atoms with Crippen LogP contribution in [0.15, 0.2) is 24.4 Å². The predicted octanol–water partition coefficient (Wildman–Crippen LogP) is 3.64. The van der Waals surface area contributed by atoms with Crippen molar-refractivity contribution >= 4 is 16.5 Å². The lowest BCUT2D eigenvalue weighted by Crippen LogP contribution is -2.25. The normalized spacial score (nSPS) is 14.0. The van der Waals surface area contributed by atoms with Crippen LogP contribution in [0.25, 0.3) is 0 Å². The topological polar surface area (TPSA) is 34.6 Å². The van der Waals surface area contributed by atoms with Gasteiger partial charge in [-0.1, -0.05) is 0 Å². The molecule has 1 saturated carbocycles. The second-order valence-electron chi connectivity index (χ2n) is 5.29. The van der Waals surface area contributed by atoms with Crippen molar-refractivity contribution in [1.29, 1.82) is 0 Å². The number of nitrogens with zero attached hydrogens (tertiary/aromatic N) is 2. The van der Waals surface area contributed by atoms with Gasteiger partial charge in [0.05, 0.1) is 14.2 Å². The van der Waals surface area contributed by atoms with Crippen LogP contribution in [-0.4, -0.2) is 25.2 Å². The van der Waals surface area contributed by atoms with E-state index < -0.39 is 0 Å². The maximum absolute atomic E-state index is 5.49. The fraction of sp³-hybridized carbons (Fsp3) is 0.438. The van der Waals surface area contributed by atoms with Gasteiger partial charge in [-0.05, 0) is 38.0 Å². The number of hydrogen-bond donors (Lipinski definition) is 0. The highest BCUT2D eigenvalue weighted by Crippen LogP contribution is 2.37. The summed E-state index contributed by atoms with van der Waals surface area (Å²) in [6.07, 6.45) is 4.42. The summed E-state index contributed by atoms with van der Waals surface area (Å²) in [5.41, 5.74) is 1.14. The first-order valence-corrected chi connectivity index (χ1v) is 7.93. The summed E-state index contributed by atoms with van der Waals surface area (Å²) in [6, 6.07) is 6.55. The quantitative estimate of drug-likeness (QED) is 0.816. The Labute approximate surface area is 129 Å². The molecule has 5 heteroatoms. The van der Waals surface area contributed by atoms with Gasteiger partial charge in [0.25, 0.3) is 0 Å². The van der Waals surface area contributed by atoms with E-state index >= 15 is 0 Å². The van der Waals surface area contributed by atoms with Crippen LogP contribution in [0.5, 0.6) is 11.5 Å². The molecule has 0 radical (unpaired) electrons. The highest BCUT2D eigenvalue weighted by atomic mass is 32.1. The zero-order valence-corrected chi connectivity index (χ0v) is 13.4. The van der Waals surface area contributed by atoms with Crippen molar-refractivity contribution in [2.45, 2.75) is 32.4 Å². The Morgan fingerprint density at radius 3 is 2.67 bits per heavy atom. The molecule has 1 aromatic heterocycles. The molecular formula is C16H20N2O2S. The molecule has 21 heavy (non-hydrogen) atoms. The van der Waals surface area contributed by atoms with Gasteiger partial charge in [-0.2, -0.15) is 0 Å². The number of anilines is 1. The van der Waals surface area contributed by atoms with Gasteiger partial charge in [0, 0.05) is 29.2 Å². The van der Waals surface area contributed by atoms with E-state index in [4.69, 9.17) is 9.47 Å². The van der Waals surface area contributed by atoms with Crippen LogP contribution in [0.2, 0.25) is 0 Å². The molecule has 1 aromatic carbocycles. The van der Waals surface area contributed by atoms with Crippen LogP contribution in [-0.2, 0) is 6.54 Å². The summed E-state index contributed by atoms with van der Waals surface area (Å²) in [5.74, 6) is 1.76. The zero-order valence-electron chi connectivity index (χ0n) is 12.6. The molecule has 0 unspecified atom stereocenters. The molecule has 0 N–H and O–H groups in total. The van der Waals surface area contributed by atoms with Gasteiger partial charge < -0.3 is 14.4 Å². The van der Waals surface area contributed by atoms with Crippen molar-refractivity contribution in [1.82, 2.24) is 4.98 Å². The molecule has 1 aliphatic rings. The van der Waals surface area contributed by atoms with Gasteiger partial charge in [-0.25, -0.2) is 4.98 Å². The lowest BCUT2D eigenvalue weighted by molar-refractivity contribution is 0.398. The summed E-state index contributed by atoms with van der Waals surface area (Å²) in [4.78, 5) is 8.17. The van der Waals surface area contributed by atoms with Gasteiger partial charge in [-0.15, -0.1) is 11.3 Å². The smallest absolute Gasteiger partial charge is 0.186 e. The van der Waals surface area contributed by atoms with Gasteiger partial charge in [0.2, 0.25) is 0 Å². The first kappa shape index (κ1) is 14.2. The molecule has 4 nitrogen and oxygen atoms in total. The maximum atomic E-state index is 5.49. The Morgan fingerprint density at radius 2 is 2.10 bits per heavy atom. The maximum Gasteiger partial charge on any atom is 0.186 e. The minimum atomic E-state index is 0.603. The van der Waals surface area contributed by atoms with Crippen molar-refractivity contribution in [3.63, 3.8) is 0 Å². The molecule has 1 aliphatic carbocycles. The van der Waals surface area contributed by atoms with Crippen LogP contribution in [0, 0.1) is 6.92 Å². The predicted molar refractivity (Wildman–Crippen MR) is 85.6 cm³/mol. The molecule has 112 valence electrons. The lowest BCUT2D eigenvalue weighted by Gasteiger charge is -2.23. The number of hydrogen-bond acceptors (Lipinski definition) is 5. The number of aromatic nitrogens is 1. The van der Waals surface area contributed by atoms with E-state index in [1.165, 1.54) is 17.7 Å². The van der Waals surface area contributed by atoms with Crippen LogP contribution in [0.4, 0.5) is 5.13 Å². The van der Waals surface area contributed by atoms with Crippen LogP contribution < -0.4 is 14.4 Å². The third kappa shape index (κ3) is 3.13. The van der Waals surface area contributed by atoms with E-state index in [-0.39, 0.29) is 0 Å². The summed E-state index contributed by atoms with van der Waals surface area (Å²) in [6.45, 7) is 2.90. The minimum absolute atomic E-state index is 0.603. The second kappa shape index (κ2) is 5.93. The van der Waals surface area contributed by atoms with Crippen molar-refractivity contribution in [2.75, 3.05) is 19.1 Å². The van der Waals surface area contributed by atoms with Crippen molar-refractivity contribution in [2.24, 2.45) is 0 Å². The lowest BCUT2D eigenvalue weighted by atomic mass is 10.1. The Balaban J connectivity index is 1.89. The molecule has 0 atom stereocenters. The summed E-state index contributed by atoms with van der Waals surface area (Å²) in [7, 11) is 3.40. The van der Waals surface area contributed by atoms with Crippen LogP contribution in [0.3, 0.4) is 0 Å². The summed E-state index contributed by atoms with van der Waals surface area (Å²) in [5, 5.41) is 1.10. The van der Waals surface area contributed by atoms with Gasteiger partial charge in [-0.3, -0.25) is 0 Å². The summed E-state index contributed by atoms with van der Waals surface area (Å²) < 4.78 is 10.8. The molecule has 1 fully saturated rings. The Morgan fingerprint density at radius 1 is 1.29 bits per heavy atom. The number of aryl methyl sites for hydroxylation is 1. The summed E-state index contributed by atoms with van der Waals surface area (Å²) >= 11 is 1.75. The van der Waals surface area contributed by atoms with E-state index in [0.29, 0.717) is 6.04 Å². The molecule has 1 heterocycles. The van der Waals surface area contributed by atoms with E-state index in [1.807, 2.05) is 18.3 Å². The number of benzene rings is 1. The molecule has 0 bridgehead atoms. The van der Waals surface area contributed by atoms with Crippen molar-refractivity contribution < 1.29 is 9.47 Å². The Bertz CT molecular complexity index is 622. The SMILES string of the molecule is COc1ccc(OC)c(CN(c2ncc(C)s2)C2CC2)c1. The van der Waals surface area contributed by atoms with Crippen LogP contribution in [0.1, 0.15) is 23.3 Å². The monoisotopic (exact) mass is 304 g/mol. The second-order valence-corrected chi connectivity index (χ2v) is 6.50. The van der Waals surface area contributed by atoms with Gasteiger partial charge >= 0.3 is 0 Å². The van der Waals surface area contributed by atoms with E-state index in [9.17, 15) is 0 Å². The fourth-order valence-electron chi connectivity index (χ4n) is 2.40. The molecule has 0 saturated heterocycles. The number of rotatable bonds is 6. The molecule has 0 aliphatic heterocycles. The average molecular weight is 304 g/mol. The molecule has 0 amide bonds. The third-order valence-electron chi connectivity index (χ3n) is 3.67. The standard InChI is InChI=1S/C16H20N2O2S/c1-11-9-17-16(21-11)18(13-4-5-13)10-12-8-14(19-2)6-7-15(12)20-3/h6-9,13H,4-5,10H2,1-3H3. The minimum Gasteiger partial charge on any atom is -0.497 e. The molecule has 0 spiro atoms. The van der Waals surface area contributed by atoms with E-state index in [1.54, 1.807) is 25.6 Å². The highest BCUT2D eigenvalue weighted by molar-refractivity contribution is 7.15. The number of ether oxygens (including phenoxy) is 2. The first-order valence-electron chi connectivity index (χ1n) is 7.11. The first-order chi connectivity index (χ1) is 10.2. The molecule has 3 rings (SSSR count). The van der Waals surface area contributed by atoms with E-state index in [2.05, 4.69) is 22.9 Å². The van der Waals surface area contributed by atoms with E-state index in [0.717, 1.165) is 28.7 Å². The number of thiazole rings is 1. The van der Waals surface area contributed by atoms with Crippen molar-refractivity contribution in [3.8, 4) is 11.5 Å². The Hall–Kier alpha value is -1.75. The average Bonchev–Trinajstić information content (AvgIpc) is 3.26. The van der Waals surface area contributed by atoms with Crippen LogP contribution >= 0.6 is 11.3 Å². The van der Waals surface area contributed by atoms with Gasteiger partial charge in [0.15, 0.2) is 5.13 Å². The fourth-order valence-corrected chi connectivity index (χ4v) is 3.23. The van der Waals surface area contributed by atoms with Gasteiger partial charge in [0.1, 0.15) is 11.5 Å².